The predicted octanol–water partition coefficient (Wildman–Crippen LogP) is 5.37. The van der Waals surface area contributed by atoms with Crippen molar-refractivity contribution in [2.75, 3.05) is 12.3 Å². The summed E-state index contributed by atoms with van der Waals surface area (Å²) in [7, 11) is 0. The van der Waals surface area contributed by atoms with E-state index in [0.717, 1.165) is 27.8 Å². The van der Waals surface area contributed by atoms with Crippen LogP contribution >= 0.6 is 23.5 Å². The molecular formula is C24H22FN3OS2. The van der Waals surface area contributed by atoms with E-state index in [1.54, 1.807) is 17.8 Å². The van der Waals surface area contributed by atoms with E-state index in [0.29, 0.717) is 29.5 Å². The predicted molar refractivity (Wildman–Crippen MR) is 128 cm³/mol. The largest absolute Gasteiger partial charge is 0.364 e. The van der Waals surface area contributed by atoms with Gasteiger partial charge in [-0.05, 0) is 71.8 Å². The standard InChI is InChI=1S/C24H22FN3OS2/c1-2-30-21-11-13-26-20-8-6-17(15-19(20)21)7-9-22-23(29)28-24(31-22)27-12-10-16-4-3-5-18(25)14-16/h3-6,8-9,11,13-15H,2,7,10,12H2,1H3,(H,27,28,29)/b22-9-. The Morgan fingerprint density at radius 1 is 1.16 bits per heavy atom. The molecule has 0 spiro atoms. The van der Waals surface area contributed by atoms with Gasteiger partial charge in [-0.25, -0.2) is 4.39 Å². The number of carbonyl (C=O) groups is 1. The molecule has 1 amide bonds. The van der Waals surface area contributed by atoms with Gasteiger partial charge in [-0.2, -0.15) is 4.99 Å². The van der Waals surface area contributed by atoms with Crippen molar-refractivity contribution in [3.05, 3.63) is 82.7 Å². The third-order valence-corrected chi connectivity index (χ3v) is 6.73. The van der Waals surface area contributed by atoms with Crippen LogP contribution in [0.5, 0.6) is 0 Å². The average molecular weight is 452 g/mol. The Bertz CT molecular complexity index is 1180. The van der Waals surface area contributed by atoms with Gasteiger partial charge in [0.2, 0.25) is 0 Å². The van der Waals surface area contributed by atoms with Gasteiger partial charge in [0.15, 0.2) is 5.17 Å². The van der Waals surface area contributed by atoms with Gasteiger partial charge in [0.25, 0.3) is 5.91 Å². The number of amidine groups is 1. The second-order valence-corrected chi connectivity index (χ2v) is 9.33. The van der Waals surface area contributed by atoms with Crippen LogP contribution in [-0.2, 0) is 17.6 Å². The quantitative estimate of drug-likeness (QED) is 0.386. The molecule has 4 nitrogen and oxygen atoms in total. The van der Waals surface area contributed by atoms with Gasteiger partial charge in [-0.3, -0.25) is 9.78 Å². The van der Waals surface area contributed by atoms with Crippen molar-refractivity contribution in [3.8, 4) is 0 Å². The summed E-state index contributed by atoms with van der Waals surface area (Å²) in [5.74, 6) is 0.545. The normalized spacial score (nSPS) is 15.0. The molecule has 0 saturated heterocycles. The zero-order valence-electron chi connectivity index (χ0n) is 17.1. The number of rotatable bonds is 7. The highest BCUT2D eigenvalue weighted by molar-refractivity contribution is 8.18. The third-order valence-electron chi connectivity index (χ3n) is 4.79. The van der Waals surface area contributed by atoms with Crippen LogP contribution < -0.4 is 5.32 Å². The van der Waals surface area contributed by atoms with E-state index in [1.165, 1.54) is 28.8 Å². The molecule has 0 atom stereocenters. The zero-order valence-corrected chi connectivity index (χ0v) is 18.7. The maximum atomic E-state index is 13.3. The fourth-order valence-corrected chi connectivity index (χ4v) is 4.91. The number of aromatic nitrogens is 1. The van der Waals surface area contributed by atoms with Gasteiger partial charge in [0, 0.05) is 23.0 Å². The maximum absolute atomic E-state index is 13.3. The number of pyridine rings is 1. The van der Waals surface area contributed by atoms with Gasteiger partial charge < -0.3 is 5.32 Å². The topological polar surface area (TPSA) is 54.4 Å². The first kappa shape index (κ1) is 21.6. The minimum Gasteiger partial charge on any atom is -0.364 e. The molecule has 4 rings (SSSR count). The molecule has 1 N–H and O–H groups in total. The number of carbonyl (C=O) groups excluding carboxylic acids is 1. The van der Waals surface area contributed by atoms with Crippen LogP contribution in [0.15, 0.2) is 75.6 Å². The molecule has 2 heterocycles. The molecule has 1 aromatic heterocycles. The van der Waals surface area contributed by atoms with E-state index in [-0.39, 0.29) is 11.7 Å². The molecule has 0 saturated carbocycles. The van der Waals surface area contributed by atoms with Crippen LogP contribution in [0.3, 0.4) is 0 Å². The molecule has 2 aromatic carbocycles. The van der Waals surface area contributed by atoms with Crippen LogP contribution in [0.1, 0.15) is 18.1 Å². The van der Waals surface area contributed by atoms with E-state index in [2.05, 4.69) is 34.3 Å². The lowest BCUT2D eigenvalue weighted by Crippen LogP contribution is -2.21. The monoisotopic (exact) mass is 451 g/mol. The minimum absolute atomic E-state index is 0.220. The number of thioether (sulfide) groups is 2. The number of nitrogens with one attached hydrogen (secondary N) is 1. The Hall–Kier alpha value is -2.64. The van der Waals surface area contributed by atoms with E-state index in [4.69, 9.17) is 0 Å². The summed E-state index contributed by atoms with van der Waals surface area (Å²) in [6, 6.07) is 14.8. The second-order valence-electron chi connectivity index (χ2n) is 7.00. The fraction of sp³-hybridized carbons (Fsp3) is 0.208. The van der Waals surface area contributed by atoms with Gasteiger partial charge in [-0.15, -0.1) is 11.8 Å². The summed E-state index contributed by atoms with van der Waals surface area (Å²) in [4.78, 5) is 22.6. The minimum atomic E-state index is -0.240. The lowest BCUT2D eigenvalue weighted by molar-refractivity contribution is -0.113. The first-order valence-corrected chi connectivity index (χ1v) is 11.9. The summed E-state index contributed by atoms with van der Waals surface area (Å²) in [5, 5.41) is 4.91. The summed E-state index contributed by atoms with van der Waals surface area (Å²) < 4.78 is 13.3. The SMILES string of the molecule is CCSc1ccnc2ccc(C/C=C3\SC(NCCc4cccc(F)c4)=NC3=O)cc12. The Morgan fingerprint density at radius 2 is 2.06 bits per heavy atom. The molecule has 31 heavy (non-hydrogen) atoms. The number of halogens is 1. The Labute approximate surface area is 189 Å². The van der Waals surface area contributed by atoms with E-state index >= 15 is 0 Å². The molecule has 1 aliphatic heterocycles. The van der Waals surface area contributed by atoms with Crippen molar-refractivity contribution < 1.29 is 9.18 Å². The zero-order chi connectivity index (χ0) is 21.6. The Balaban J connectivity index is 1.37. The molecule has 7 heteroatoms. The van der Waals surface area contributed by atoms with Gasteiger partial charge in [0.05, 0.1) is 10.4 Å². The molecular weight excluding hydrogens is 429 g/mol. The lowest BCUT2D eigenvalue weighted by Gasteiger charge is -2.06. The van der Waals surface area contributed by atoms with E-state index in [9.17, 15) is 9.18 Å². The fourth-order valence-electron chi connectivity index (χ4n) is 3.32. The molecule has 0 unspecified atom stereocenters. The van der Waals surface area contributed by atoms with Crippen molar-refractivity contribution in [2.24, 2.45) is 4.99 Å². The number of benzene rings is 2. The Kier molecular flexibility index (Phi) is 7.04. The molecule has 0 aliphatic carbocycles. The van der Waals surface area contributed by atoms with Gasteiger partial charge >= 0.3 is 0 Å². The summed E-state index contributed by atoms with van der Waals surface area (Å²) >= 11 is 3.15. The van der Waals surface area contributed by atoms with Gasteiger partial charge in [-0.1, -0.05) is 31.2 Å². The first-order valence-electron chi connectivity index (χ1n) is 10.1. The van der Waals surface area contributed by atoms with E-state index < -0.39 is 0 Å². The summed E-state index contributed by atoms with van der Waals surface area (Å²) in [5.41, 5.74) is 3.02. The van der Waals surface area contributed by atoms with Crippen molar-refractivity contribution in [1.82, 2.24) is 10.3 Å². The lowest BCUT2D eigenvalue weighted by atomic mass is 10.1. The van der Waals surface area contributed by atoms with Crippen LogP contribution in [0.4, 0.5) is 4.39 Å². The number of fused-ring (bicyclic) bond motifs is 1. The number of amides is 1. The highest BCUT2D eigenvalue weighted by Crippen LogP contribution is 2.29. The second kappa shape index (κ2) is 10.1. The van der Waals surface area contributed by atoms with Crippen LogP contribution in [0, 0.1) is 5.82 Å². The van der Waals surface area contributed by atoms with Gasteiger partial charge in [0.1, 0.15) is 5.82 Å². The Morgan fingerprint density at radius 3 is 2.90 bits per heavy atom. The molecule has 158 valence electrons. The summed E-state index contributed by atoms with van der Waals surface area (Å²) in [6.07, 6.45) is 5.09. The van der Waals surface area contributed by atoms with Crippen molar-refractivity contribution in [2.45, 2.75) is 24.7 Å². The molecule has 0 fully saturated rings. The number of aliphatic imine (C=N–C) groups is 1. The molecule has 1 aliphatic rings. The third kappa shape index (κ3) is 5.54. The molecule has 3 aromatic rings. The highest BCUT2D eigenvalue weighted by Gasteiger charge is 2.21. The number of hydrogen-bond acceptors (Lipinski definition) is 5. The summed E-state index contributed by atoms with van der Waals surface area (Å²) in [6.45, 7) is 2.73. The van der Waals surface area contributed by atoms with Crippen LogP contribution in [0.25, 0.3) is 10.9 Å². The number of nitrogens with zero attached hydrogens (tertiary/aromatic N) is 2. The molecule has 0 radical (unpaired) electrons. The smallest absolute Gasteiger partial charge is 0.285 e. The first-order chi connectivity index (χ1) is 15.1. The number of allylic oxidation sites excluding steroid dienone is 1. The van der Waals surface area contributed by atoms with Crippen molar-refractivity contribution in [1.29, 1.82) is 0 Å². The van der Waals surface area contributed by atoms with E-state index in [1.807, 2.05) is 30.5 Å². The maximum Gasteiger partial charge on any atom is 0.285 e. The van der Waals surface area contributed by atoms with Crippen molar-refractivity contribution in [3.63, 3.8) is 0 Å². The van der Waals surface area contributed by atoms with Crippen LogP contribution in [0.2, 0.25) is 0 Å². The average Bonchev–Trinajstić information content (AvgIpc) is 3.12. The number of hydrogen-bond donors (Lipinski definition) is 1. The van der Waals surface area contributed by atoms with Crippen molar-refractivity contribution >= 4 is 45.5 Å². The highest BCUT2D eigenvalue weighted by atomic mass is 32.2. The van der Waals surface area contributed by atoms with Crippen LogP contribution in [-0.4, -0.2) is 28.4 Å². The molecule has 0 bridgehead atoms.